The van der Waals surface area contributed by atoms with Crippen LogP contribution in [0.4, 0.5) is 0 Å². The molecule has 3 heterocycles. The number of aryl methyl sites for hydroxylation is 1. The van der Waals surface area contributed by atoms with Crippen LogP contribution in [0.2, 0.25) is 0 Å². The Hall–Kier alpha value is -1.60. The topological polar surface area (TPSA) is 68.3 Å². The van der Waals surface area contributed by atoms with Gasteiger partial charge in [-0.1, -0.05) is 0 Å². The summed E-state index contributed by atoms with van der Waals surface area (Å²) < 4.78 is 33.6. The van der Waals surface area contributed by atoms with E-state index < -0.39 is 10.0 Å². The van der Waals surface area contributed by atoms with Crippen molar-refractivity contribution in [3.63, 3.8) is 0 Å². The summed E-state index contributed by atoms with van der Waals surface area (Å²) in [6.07, 6.45) is 6.19. The van der Waals surface area contributed by atoms with Crippen molar-refractivity contribution in [1.29, 1.82) is 0 Å². The van der Waals surface area contributed by atoms with Crippen LogP contribution in [0.15, 0.2) is 40.4 Å². The average Bonchev–Trinajstić information content (AvgIpc) is 3.09. The number of furan rings is 1. The van der Waals surface area contributed by atoms with Crippen LogP contribution in [0.25, 0.3) is 0 Å². The van der Waals surface area contributed by atoms with Gasteiger partial charge in [-0.25, -0.2) is 13.4 Å². The van der Waals surface area contributed by atoms with Crippen LogP contribution < -0.4 is 0 Å². The van der Waals surface area contributed by atoms with Gasteiger partial charge in [-0.3, -0.25) is 0 Å². The highest BCUT2D eigenvalue weighted by molar-refractivity contribution is 7.89. The van der Waals surface area contributed by atoms with Gasteiger partial charge in [0, 0.05) is 19.8 Å². The predicted octanol–water partition coefficient (Wildman–Crippen LogP) is 1.54. The summed E-state index contributed by atoms with van der Waals surface area (Å²) in [5, 5.41) is 0.0912. The number of hydrogen-bond donors (Lipinski definition) is 0. The van der Waals surface area contributed by atoms with Gasteiger partial charge in [0.05, 0.1) is 18.6 Å². The van der Waals surface area contributed by atoms with Gasteiger partial charge in [0.1, 0.15) is 5.76 Å². The number of rotatable bonds is 3. The van der Waals surface area contributed by atoms with Gasteiger partial charge in [-0.05, 0) is 25.0 Å². The number of nitrogens with zero attached hydrogens (tertiary/aromatic N) is 3. The molecular weight excluding hydrogens is 266 g/mol. The quantitative estimate of drug-likeness (QED) is 0.855. The normalized spacial score (nSPS) is 21.0. The third kappa shape index (κ3) is 2.08. The van der Waals surface area contributed by atoms with E-state index in [1.807, 2.05) is 6.07 Å². The molecule has 0 saturated carbocycles. The molecule has 0 radical (unpaired) electrons. The molecule has 7 heteroatoms. The molecule has 2 aromatic rings. The lowest BCUT2D eigenvalue weighted by Gasteiger charge is -2.21. The average molecular weight is 281 g/mol. The van der Waals surface area contributed by atoms with E-state index in [0.29, 0.717) is 12.3 Å². The molecule has 0 spiro atoms. The number of hydrogen-bond acceptors (Lipinski definition) is 4. The molecule has 0 aromatic carbocycles. The van der Waals surface area contributed by atoms with Crippen molar-refractivity contribution in [3.05, 3.63) is 36.7 Å². The molecule has 0 N–H and O–H groups in total. The van der Waals surface area contributed by atoms with Crippen LogP contribution in [0.5, 0.6) is 0 Å². The van der Waals surface area contributed by atoms with Crippen molar-refractivity contribution in [3.8, 4) is 0 Å². The molecule has 1 aliphatic heterocycles. The number of imidazole rings is 1. The summed E-state index contributed by atoms with van der Waals surface area (Å²) in [4.78, 5) is 3.95. The largest absolute Gasteiger partial charge is 0.468 e. The molecule has 1 saturated heterocycles. The van der Waals surface area contributed by atoms with Crippen molar-refractivity contribution in [2.45, 2.75) is 23.9 Å². The molecule has 102 valence electrons. The fraction of sp³-hybridized carbons (Fsp3) is 0.417. The summed E-state index contributed by atoms with van der Waals surface area (Å²) in [5.74, 6) is 0.692. The van der Waals surface area contributed by atoms with Crippen LogP contribution in [-0.4, -0.2) is 28.8 Å². The Labute approximate surface area is 111 Å². The Kier molecular flexibility index (Phi) is 2.94. The molecule has 0 aliphatic carbocycles. The smallest absolute Gasteiger partial charge is 0.262 e. The van der Waals surface area contributed by atoms with E-state index >= 15 is 0 Å². The second kappa shape index (κ2) is 4.50. The highest BCUT2D eigenvalue weighted by Gasteiger charge is 2.38. The maximum atomic E-state index is 12.6. The van der Waals surface area contributed by atoms with E-state index in [9.17, 15) is 8.42 Å². The first-order valence-electron chi connectivity index (χ1n) is 6.12. The van der Waals surface area contributed by atoms with Crippen LogP contribution >= 0.6 is 0 Å². The van der Waals surface area contributed by atoms with E-state index in [1.54, 1.807) is 23.9 Å². The molecule has 6 nitrogen and oxygen atoms in total. The van der Waals surface area contributed by atoms with Gasteiger partial charge in [-0.15, -0.1) is 0 Å². The maximum Gasteiger partial charge on any atom is 0.262 e. The summed E-state index contributed by atoms with van der Waals surface area (Å²) in [7, 11) is -1.80. The van der Waals surface area contributed by atoms with E-state index in [4.69, 9.17) is 4.42 Å². The Morgan fingerprint density at radius 3 is 2.95 bits per heavy atom. The third-order valence-electron chi connectivity index (χ3n) is 3.33. The molecule has 1 aliphatic rings. The summed E-state index contributed by atoms with van der Waals surface area (Å²) in [6.45, 7) is 0.504. The summed E-state index contributed by atoms with van der Waals surface area (Å²) in [5.41, 5.74) is 0. The highest BCUT2D eigenvalue weighted by atomic mass is 32.2. The Morgan fingerprint density at radius 2 is 2.32 bits per heavy atom. The van der Waals surface area contributed by atoms with Gasteiger partial charge in [-0.2, -0.15) is 4.31 Å². The van der Waals surface area contributed by atoms with E-state index in [1.165, 1.54) is 16.8 Å². The zero-order valence-corrected chi connectivity index (χ0v) is 11.4. The fourth-order valence-electron chi connectivity index (χ4n) is 2.44. The first-order chi connectivity index (χ1) is 9.09. The molecule has 0 unspecified atom stereocenters. The molecule has 19 heavy (non-hydrogen) atoms. The van der Waals surface area contributed by atoms with E-state index in [2.05, 4.69) is 4.98 Å². The zero-order valence-electron chi connectivity index (χ0n) is 10.6. The first kappa shape index (κ1) is 12.4. The minimum absolute atomic E-state index is 0.0912. The SMILES string of the molecule is Cn1cnc(S(=O)(=O)N2CCC[C@H]2c2ccco2)c1. The van der Waals surface area contributed by atoms with Gasteiger partial charge < -0.3 is 8.98 Å². The number of aromatic nitrogens is 2. The van der Waals surface area contributed by atoms with E-state index in [-0.39, 0.29) is 11.1 Å². The standard InChI is InChI=1S/C12H15N3O3S/c1-14-8-12(13-9-14)19(16,17)15-6-2-4-10(15)11-5-3-7-18-11/h3,5,7-10H,2,4,6H2,1H3/t10-/m0/s1. The second-order valence-electron chi connectivity index (χ2n) is 4.67. The lowest BCUT2D eigenvalue weighted by molar-refractivity contribution is 0.339. The lowest BCUT2D eigenvalue weighted by Crippen LogP contribution is -2.30. The zero-order chi connectivity index (χ0) is 13.5. The maximum absolute atomic E-state index is 12.6. The number of sulfonamides is 1. The highest BCUT2D eigenvalue weighted by Crippen LogP contribution is 2.36. The summed E-state index contributed by atoms with van der Waals surface area (Å²) in [6, 6.07) is 3.37. The lowest BCUT2D eigenvalue weighted by atomic mass is 10.2. The van der Waals surface area contributed by atoms with Crippen LogP contribution in [0.3, 0.4) is 0 Å². The molecular formula is C12H15N3O3S. The molecule has 0 bridgehead atoms. The van der Waals surface area contributed by atoms with Gasteiger partial charge in [0.2, 0.25) is 0 Å². The molecule has 3 rings (SSSR count). The van der Waals surface area contributed by atoms with Crippen molar-refractivity contribution < 1.29 is 12.8 Å². The predicted molar refractivity (Wildman–Crippen MR) is 67.8 cm³/mol. The molecule has 1 atom stereocenters. The van der Waals surface area contributed by atoms with Crippen LogP contribution in [0, 0.1) is 0 Å². The fourth-order valence-corrected chi connectivity index (χ4v) is 4.07. The van der Waals surface area contributed by atoms with Crippen LogP contribution in [-0.2, 0) is 17.1 Å². The van der Waals surface area contributed by atoms with Crippen LogP contribution in [0.1, 0.15) is 24.6 Å². The molecule has 2 aromatic heterocycles. The Balaban J connectivity index is 1.96. The minimum atomic E-state index is -3.55. The Morgan fingerprint density at radius 1 is 1.47 bits per heavy atom. The third-order valence-corrected chi connectivity index (χ3v) is 5.12. The Bertz CT molecular complexity index is 660. The van der Waals surface area contributed by atoms with Gasteiger partial charge in [0.25, 0.3) is 10.0 Å². The minimum Gasteiger partial charge on any atom is -0.468 e. The summed E-state index contributed by atoms with van der Waals surface area (Å²) >= 11 is 0. The molecule has 0 amide bonds. The van der Waals surface area contributed by atoms with Crippen molar-refractivity contribution in [1.82, 2.24) is 13.9 Å². The van der Waals surface area contributed by atoms with E-state index in [0.717, 1.165) is 12.8 Å². The van der Waals surface area contributed by atoms with Gasteiger partial charge >= 0.3 is 0 Å². The molecule has 1 fully saturated rings. The van der Waals surface area contributed by atoms with Gasteiger partial charge in [0.15, 0.2) is 5.03 Å². The van der Waals surface area contributed by atoms with Crippen molar-refractivity contribution in [2.24, 2.45) is 7.05 Å². The van der Waals surface area contributed by atoms with Crippen molar-refractivity contribution >= 4 is 10.0 Å². The monoisotopic (exact) mass is 281 g/mol. The van der Waals surface area contributed by atoms with Crippen molar-refractivity contribution in [2.75, 3.05) is 6.54 Å². The first-order valence-corrected chi connectivity index (χ1v) is 7.56. The second-order valence-corrected chi connectivity index (χ2v) is 6.50.